The van der Waals surface area contributed by atoms with Gasteiger partial charge in [0.15, 0.2) is 0 Å². The normalized spacial score (nSPS) is 33.7. The zero-order valence-corrected chi connectivity index (χ0v) is 26.3. The number of carbonyl (C=O) groups is 2. The Morgan fingerprint density at radius 2 is 1.83 bits per heavy atom. The molecule has 1 amide bonds. The van der Waals surface area contributed by atoms with E-state index in [9.17, 15) is 19.8 Å². The molecule has 41 heavy (non-hydrogen) atoms. The first kappa shape index (κ1) is 32.3. The molecule has 0 aromatic rings. The molecular formula is C34H57NO6. The van der Waals surface area contributed by atoms with Crippen molar-refractivity contribution < 1.29 is 29.3 Å². The molecule has 3 saturated carbocycles. The number of allylic oxidation sites excluding steroid dienone is 1. The minimum atomic E-state index is -1.34. The van der Waals surface area contributed by atoms with Gasteiger partial charge in [0.2, 0.25) is 0 Å². The second-order valence-corrected chi connectivity index (χ2v) is 14.8. The Bertz CT molecular complexity index is 928. The van der Waals surface area contributed by atoms with E-state index < -0.39 is 30.7 Å². The molecule has 0 bridgehead atoms. The van der Waals surface area contributed by atoms with Crippen LogP contribution in [0.5, 0.6) is 0 Å². The zero-order valence-electron chi connectivity index (χ0n) is 26.3. The van der Waals surface area contributed by atoms with Crippen molar-refractivity contribution in [2.45, 2.75) is 111 Å². The number of nitrogens with one attached hydrogen (secondary N) is 1. The highest BCUT2D eigenvalue weighted by molar-refractivity contribution is 5.76. The Morgan fingerprint density at radius 3 is 2.54 bits per heavy atom. The summed E-state index contributed by atoms with van der Waals surface area (Å²) < 4.78 is 10.8. The number of carbonyl (C=O) groups excluding carboxylic acids is 2. The molecule has 7 nitrogen and oxygen atoms in total. The maximum absolute atomic E-state index is 12.4. The fourth-order valence-corrected chi connectivity index (χ4v) is 9.20. The number of rotatable bonds is 12. The molecule has 3 N–H and O–H groups in total. The number of alkyl carbamates (subject to hydrolysis) is 1. The van der Waals surface area contributed by atoms with Gasteiger partial charge in [-0.05, 0) is 98.7 Å². The van der Waals surface area contributed by atoms with Gasteiger partial charge in [0.05, 0.1) is 19.8 Å². The van der Waals surface area contributed by atoms with Crippen molar-refractivity contribution in [3.8, 4) is 0 Å². The molecule has 7 heteroatoms. The molecule has 0 aliphatic heterocycles. The van der Waals surface area contributed by atoms with Gasteiger partial charge < -0.3 is 25.0 Å². The van der Waals surface area contributed by atoms with Crippen LogP contribution in [0.2, 0.25) is 0 Å². The van der Waals surface area contributed by atoms with Gasteiger partial charge in [0.1, 0.15) is 18.1 Å². The van der Waals surface area contributed by atoms with Gasteiger partial charge in [-0.25, -0.2) is 4.79 Å². The number of aliphatic hydroxyl groups excluding tert-OH is 2. The summed E-state index contributed by atoms with van der Waals surface area (Å²) in [5.41, 5.74) is 0.677. The third kappa shape index (κ3) is 7.14. The Balaban J connectivity index is 1.25. The van der Waals surface area contributed by atoms with Gasteiger partial charge >= 0.3 is 12.1 Å². The van der Waals surface area contributed by atoms with Crippen molar-refractivity contribution in [1.82, 2.24) is 5.32 Å². The summed E-state index contributed by atoms with van der Waals surface area (Å²) in [4.78, 5) is 24.4. The van der Waals surface area contributed by atoms with Crippen LogP contribution in [0.15, 0.2) is 11.6 Å². The van der Waals surface area contributed by atoms with Crippen molar-refractivity contribution in [3.05, 3.63) is 11.6 Å². The summed E-state index contributed by atoms with van der Waals surface area (Å²) in [5.74, 6) is 4.95. The molecule has 0 heterocycles. The van der Waals surface area contributed by atoms with Crippen LogP contribution in [-0.4, -0.2) is 54.7 Å². The fraction of sp³-hybridized carbons (Fsp3) is 0.882. The molecule has 8 atom stereocenters. The second-order valence-electron chi connectivity index (χ2n) is 14.8. The van der Waals surface area contributed by atoms with E-state index in [-0.39, 0.29) is 19.3 Å². The highest BCUT2D eigenvalue weighted by Gasteiger charge is 2.56. The van der Waals surface area contributed by atoms with E-state index in [1.807, 2.05) is 0 Å². The van der Waals surface area contributed by atoms with Crippen LogP contribution in [0.1, 0.15) is 105 Å². The number of amides is 1. The van der Waals surface area contributed by atoms with Gasteiger partial charge in [-0.2, -0.15) is 0 Å². The van der Waals surface area contributed by atoms with E-state index in [0.717, 1.165) is 54.8 Å². The summed E-state index contributed by atoms with van der Waals surface area (Å²) in [6.07, 6.45) is 15.6. The maximum Gasteiger partial charge on any atom is 0.407 e. The van der Waals surface area contributed by atoms with Crippen molar-refractivity contribution in [2.75, 3.05) is 26.4 Å². The van der Waals surface area contributed by atoms with Crippen LogP contribution < -0.4 is 5.32 Å². The van der Waals surface area contributed by atoms with Crippen LogP contribution in [0.3, 0.4) is 0 Å². The summed E-state index contributed by atoms with van der Waals surface area (Å²) >= 11 is 0. The second kappa shape index (κ2) is 13.8. The lowest BCUT2D eigenvalue weighted by Crippen LogP contribution is -2.47. The lowest BCUT2D eigenvalue weighted by atomic mass is 9.51. The third-order valence-corrected chi connectivity index (χ3v) is 11.7. The van der Waals surface area contributed by atoms with Crippen LogP contribution in [0, 0.1) is 52.3 Å². The minimum Gasteiger partial charge on any atom is -0.463 e. The van der Waals surface area contributed by atoms with Gasteiger partial charge in [0.25, 0.3) is 0 Å². The molecule has 0 saturated heterocycles. The maximum atomic E-state index is 12.4. The largest absolute Gasteiger partial charge is 0.463 e. The molecule has 4 aliphatic carbocycles. The summed E-state index contributed by atoms with van der Waals surface area (Å²) in [6.45, 7) is 10.4. The zero-order chi connectivity index (χ0) is 29.8. The number of esters is 1. The van der Waals surface area contributed by atoms with Crippen LogP contribution in [0.25, 0.3) is 0 Å². The number of fused-ring (bicyclic) bond motifs is 5. The Kier molecular flexibility index (Phi) is 10.9. The SMILES string of the molecule is CC(C)CCC[C@@H](C)C1CC[C@H]2[C@@H]3CC=C4CC(OC(=O)NCCOC(=O)C(C)(CO)CO)CC[C@@H]4[C@H]3CC[C@]12C. The summed E-state index contributed by atoms with van der Waals surface area (Å²) in [7, 11) is 0. The molecule has 0 radical (unpaired) electrons. The lowest BCUT2D eigenvalue weighted by molar-refractivity contribution is -0.159. The van der Waals surface area contributed by atoms with Gasteiger partial charge in [-0.1, -0.05) is 58.6 Å². The fourth-order valence-electron chi connectivity index (χ4n) is 9.20. The van der Waals surface area contributed by atoms with Gasteiger partial charge in [-0.15, -0.1) is 0 Å². The van der Waals surface area contributed by atoms with Crippen molar-refractivity contribution >= 4 is 12.1 Å². The average Bonchev–Trinajstić information content (AvgIpc) is 3.31. The Labute approximate surface area is 248 Å². The molecule has 0 spiro atoms. The average molecular weight is 576 g/mol. The summed E-state index contributed by atoms with van der Waals surface area (Å²) in [5, 5.41) is 21.3. The quantitative estimate of drug-likeness (QED) is 0.144. The molecule has 2 unspecified atom stereocenters. The van der Waals surface area contributed by atoms with Crippen LogP contribution >= 0.6 is 0 Å². The van der Waals surface area contributed by atoms with E-state index >= 15 is 0 Å². The molecule has 0 aromatic carbocycles. The third-order valence-electron chi connectivity index (χ3n) is 11.7. The van der Waals surface area contributed by atoms with Crippen molar-refractivity contribution in [1.29, 1.82) is 0 Å². The molecular weight excluding hydrogens is 518 g/mol. The Hall–Kier alpha value is -1.60. The monoisotopic (exact) mass is 575 g/mol. The highest BCUT2D eigenvalue weighted by Crippen LogP contribution is 2.64. The molecule has 0 aromatic heterocycles. The molecule has 234 valence electrons. The Morgan fingerprint density at radius 1 is 1.07 bits per heavy atom. The number of hydrogen-bond donors (Lipinski definition) is 3. The molecule has 4 aliphatic rings. The number of ether oxygens (including phenoxy) is 2. The first-order chi connectivity index (χ1) is 19.5. The lowest BCUT2D eigenvalue weighted by Gasteiger charge is -2.54. The predicted molar refractivity (Wildman–Crippen MR) is 160 cm³/mol. The van der Waals surface area contributed by atoms with E-state index in [0.29, 0.717) is 11.3 Å². The van der Waals surface area contributed by atoms with E-state index in [1.54, 1.807) is 0 Å². The van der Waals surface area contributed by atoms with Gasteiger partial charge in [-0.3, -0.25) is 4.79 Å². The minimum absolute atomic E-state index is 0.0395. The highest BCUT2D eigenvalue weighted by atomic mass is 16.6. The van der Waals surface area contributed by atoms with E-state index in [2.05, 4.69) is 39.1 Å². The standard InChI is InChI=1S/C34H57NO6/c1-22(2)7-6-8-23(3)29-13-14-30-28-11-9-24-19-25(10-12-26(24)27(28)15-16-34(29,30)5)41-32(39)35-17-18-40-31(38)33(4,20-36)21-37/h9,22-23,25-30,36-37H,6-8,10-21H2,1-5H3,(H,35,39)/t23-,25?,26+,27-,28-,29?,30+,34-/m1/s1. The van der Waals surface area contributed by atoms with E-state index in [4.69, 9.17) is 9.47 Å². The van der Waals surface area contributed by atoms with Crippen LogP contribution in [0.4, 0.5) is 4.79 Å². The predicted octanol–water partition coefficient (Wildman–Crippen LogP) is 6.27. The first-order valence-electron chi connectivity index (χ1n) is 16.5. The van der Waals surface area contributed by atoms with E-state index in [1.165, 1.54) is 63.9 Å². The van der Waals surface area contributed by atoms with Crippen LogP contribution in [-0.2, 0) is 14.3 Å². The molecule has 3 fully saturated rings. The van der Waals surface area contributed by atoms with Crippen molar-refractivity contribution in [2.24, 2.45) is 52.3 Å². The van der Waals surface area contributed by atoms with Gasteiger partial charge in [0, 0.05) is 6.42 Å². The number of aliphatic hydroxyl groups is 2. The number of hydrogen-bond acceptors (Lipinski definition) is 6. The molecule has 4 rings (SSSR count). The smallest absolute Gasteiger partial charge is 0.407 e. The van der Waals surface area contributed by atoms with Crippen molar-refractivity contribution in [3.63, 3.8) is 0 Å². The summed E-state index contributed by atoms with van der Waals surface area (Å²) in [6, 6.07) is 0. The topological polar surface area (TPSA) is 105 Å². The first-order valence-corrected chi connectivity index (χ1v) is 16.5.